The highest BCUT2D eigenvalue weighted by Gasteiger charge is 2.32. The topological polar surface area (TPSA) is 71.5 Å². The van der Waals surface area contributed by atoms with Crippen molar-refractivity contribution in [1.82, 2.24) is 15.4 Å². The normalized spacial score (nSPS) is 15.0. The number of amides is 2. The Kier molecular flexibility index (Phi) is 4.87. The van der Waals surface area contributed by atoms with E-state index < -0.39 is 28.6 Å². The van der Waals surface area contributed by atoms with Gasteiger partial charge in [0.05, 0.1) is 30.3 Å². The van der Waals surface area contributed by atoms with Crippen LogP contribution in [0.25, 0.3) is 0 Å². The lowest BCUT2D eigenvalue weighted by atomic mass is 10.2. The van der Waals surface area contributed by atoms with Gasteiger partial charge in [0, 0.05) is 6.20 Å². The van der Waals surface area contributed by atoms with Crippen LogP contribution in [-0.2, 0) is 15.8 Å². The van der Waals surface area contributed by atoms with Gasteiger partial charge < -0.3 is 5.32 Å². The van der Waals surface area contributed by atoms with Gasteiger partial charge in [-0.25, -0.2) is 10.0 Å². The lowest BCUT2D eigenvalue weighted by Crippen LogP contribution is -2.38. The molecule has 1 fully saturated rings. The second kappa shape index (κ2) is 6.49. The second-order valence-electron chi connectivity index (χ2n) is 4.42. The van der Waals surface area contributed by atoms with Crippen molar-refractivity contribution in [3.05, 3.63) is 28.5 Å². The van der Waals surface area contributed by atoms with E-state index in [0.717, 1.165) is 5.06 Å². The third-order valence-corrected chi connectivity index (χ3v) is 3.10. The van der Waals surface area contributed by atoms with Gasteiger partial charge >= 0.3 is 6.18 Å². The van der Waals surface area contributed by atoms with Crippen molar-refractivity contribution in [1.29, 1.82) is 0 Å². The van der Waals surface area contributed by atoms with Crippen LogP contribution in [0.3, 0.4) is 0 Å². The van der Waals surface area contributed by atoms with Gasteiger partial charge in [-0.05, 0) is 12.5 Å². The van der Waals surface area contributed by atoms with Crippen molar-refractivity contribution in [2.24, 2.45) is 0 Å². The number of carbonyl (C=O) groups excluding carboxylic acids is 2. The summed E-state index contributed by atoms with van der Waals surface area (Å²) in [4.78, 5) is 31.8. The number of nitrogens with one attached hydrogen (secondary N) is 1. The average molecular weight is 338 g/mol. The number of carbonyl (C=O) groups is 2. The van der Waals surface area contributed by atoms with E-state index in [-0.39, 0.29) is 12.2 Å². The summed E-state index contributed by atoms with van der Waals surface area (Å²) in [6.07, 6.45) is -3.40. The van der Waals surface area contributed by atoms with Crippen LogP contribution in [0, 0.1) is 0 Å². The molecular formula is C12H11ClF3N3O3. The molecule has 2 rings (SSSR count). The predicted octanol–water partition coefficient (Wildman–Crippen LogP) is 1.65. The lowest BCUT2D eigenvalue weighted by Gasteiger charge is -2.14. The van der Waals surface area contributed by atoms with Crippen LogP contribution in [0.5, 0.6) is 0 Å². The minimum atomic E-state index is -4.60. The number of hydrogen-bond acceptors (Lipinski definition) is 4. The van der Waals surface area contributed by atoms with Crippen LogP contribution in [0.2, 0.25) is 5.02 Å². The number of pyridine rings is 1. The number of nitrogens with zero attached hydrogens (tertiary/aromatic N) is 2. The summed E-state index contributed by atoms with van der Waals surface area (Å²) in [6, 6.07) is 0.606. The molecule has 10 heteroatoms. The maximum atomic E-state index is 12.5. The highest BCUT2D eigenvalue weighted by atomic mass is 35.5. The monoisotopic (exact) mass is 337 g/mol. The van der Waals surface area contributed by atoms with Crippen LogP contribution in [0.15, 0.2) is 12.3 Å². The standard InChI is InChI=1S/C12H11ClF3N3O3/c13-8-4-7(12(14,15)16)5-17-10(8)11(21)18-6-9(20)19-2-1-3-22-19/h4-5H,1-3,6H2,(H,18,21). The van der Waals surface area contributed by atoms with Crippen molar-refractivity contribution in [2.45, 2.75) is 12.6 Å². The number of rotatable bonds is 3. The summed E-state index contributed by atoms with van der Waals surface area (Å²) in [5.41, 5.74) is -1.44. The molecule has 22 heavy (non-hydrogen) atoms. The molecular weight excluding hydrogens is 327 g/mol. The van der Waals surface area contributed by atoms with Gasteiger partial charge in [0.25, 0.3) is 11.8 Å². The van der Waals surface area contributed by atoms with Crippen LogP contribution in [0.1, 0.15) is 22.5 Å². The molecule has 0 saturated carbocycles. The van der Waals surface area contributed by atoms with Gasteiger partial charge in [-0.3, -0.25) is 14.4 Å². The van der Waals surface area contributed by atoms with E-state index in [2.05, 4.69) is 10.3 Å². The minimum absolute atomic E-state index is 0.363. The molecule has 1 N–H and O–H groups in total. The summed E-state index contributed by atoms with van der Waals surface area (Å²) in [5, 5.41) is 2.90. The Morgan fingerprint density at radius 1 is 1.45 bits per heavy atom. The number of hydrogen-bond donors (Lipinski definition) is 1. The summed E-state index contributed by atoms with van der Waals surface area (Å²) in [7, 11) is 0. The molecule has 2 heterocycles. The van der Waals surface area contributed by atoms with E-state index in [1.807, 2.05) is 0 Å². The number of aromatic nitrogens is 1. The molecule has 1 aliphatic heterocycles. The molecule has 0 aliphatic carbocycles. The first-order valence-electron chi connectivity index (χ1n) is 6.23. The highest BCUT2D eigenvalue weighted by molar-refractivity contribution is 6.33. The minimum Gasteiger partial charge on any atom is -0.341 e. The van der Waals surface area contributed by atoms with Gasteiger partial charge in [0.15, 0.2) is 0 Å². The Balaban J connectivity index is 1.99. The van der Waals surface area contributed by atoms with E-state index in [9.17, 15) is 22.8 Å². The largest absolute Gasteiger partial charge is 0.417 e. The molecule has 2 amide bonds. The smallest absolute Gasteiger partial charge is 0.341 e. The maximum absolute atomic E-state index is 12.5. The van der Waals surface area contributed by atoms with E-state index in [4.69, 9.17) is 16.4 Å². The quantitative estimate of drug-likeness (QED) is 0.910. The molecule has 0 spiro atoms. The van der Waals surface area contributed by atoms with E-state index in [0.29, 0.717) is 31.8 Å². The van der Waals surface area contributed by atoms with Gasteiger partial charge in [-0.2, -0.15) is 13.2 Å². The van der Waals surface area contributed by atoms with Crippen LogP contribution in [-0.4, -0.2) is 41.6 Å². The Labute approximate surface area is 128 Å². The number of halogens is 4. The third kappa shape index (κ3) is 3.86. The fourth-order valence-electron chi connectivity index (χ4n) is 1.73. The van der Waals surface area contributed by atoms with E-state index in [1.165, 1.54) is 0 Å². The molecule has 1 saturated heterocycles. The van der Waals surface area contributed by atoms with Crippen LogP contribution >= 0.6 is 11.6 Å². The average Bonchev–Trinajstić information content (AvgIpc) is 2.97. The number of alkyl halides is 3. The fraction of sp³-hybridized carbons (Fsp3) is 0.417. The molecule has 0 aromatic carbocycles. The zero-order chi connectivity index (χ0) is 16.3. The van der Waals surface area contributed by atoms with Crippen molar-refractivity contribution in [3.8, 4) is 0 Å². The van der Waals surface area contributed by atoms with Crippen molar-refractivity contribution in [3.63, 3.8) is 0 Å². The molecule has 1 aliphatic rings. The molecule has 0 unspecified atom stereocenters. The second-order valence-corrected chi connectivity index (χ2v) is 4.82. The Morgan fingerprint density at radius 2 is 2.18 bits per heavy atom. The van der Waals surface area contributed by atoms with Crippen LogP contribution in [0.4, 0.5) is 13.2 Å². The number of hydroxylamine groups is 2. The first-order valence-corrected chi connectivity index (χ1v) is 6.61. The lowest BCUT2D eigenvalue weighted by molar-refractivity contribution is -0.167. The molecule has 0 bridgehead atoms. The maximum Gasteiger partial charge on any atom is 0.417 e. The van der Waals surface area contributed by atoms with Gasteiger partial charge in [-0.1, -0.05) is 11.6 Å². The van der Waals surface area contributed by atoms with E-state index in [1.54, 1.807) is 0 Å². The zero-order valence-electron chi connectivity index (χ0n) is 11.1. The zero-order valence-corrected chi connectivity index (χ0v) is 11.9. The molecule has 1 aromatic rings. The summed E-state index contributed by atoms with van der Waals surface area (Å²) in [5.74, 6) is -1.31. The van der Waals surface area contributed by atoms with Crippen LogP contribution < -0.4 is 5.32 Å². The Bertz CT molecular complexity index is 589. The molecule has 0 radical (unpaired) electrons. The molecule has 1 aromatic heterocycles. The van der Waals surface area contributed by atoms with Gasteiger partial charge in [0.2, 0.25) is 0 Å². The predicted molar refractivity (Wildman–Crippen MR) is 68.9 cm³/mol. The van der Waals surface area contributed by atoms with Crippen molar-refractivity contribution >= 4 is 23.4 Å². The molecule has 120 valence electrons. The van der Waals surface area contributed by atoms with Crippen molar-refractivity contribution < 1.29 is 27.6 Å². The van der Waals surface area contributed by atoms with E-state index >= 15 is 0 Å². The third-order valence-electron chi connectivity index (χ3n) is 2.81. The summed E-state index contributed by atoms with van der Waals surface area (Å²) < 4.78 is 37.4. The van der Waals surface area contributed by atoms with Crippen molar-refractivity contribution in [2.75, 3.05) is 19.7 Å². The molecule has 0 atom stereocenters. The highest BCUT2D eigenvalue weighted by Crippen LogP contribution is 2.30. The first-order chi connectivity index (χ1) is 10.3. The Hall–Kier alpha value is -1.87. The SMILES string of the molecule is O=C(NCC(=O)N1CCCO1)c1ncc(C(F)(F)F)cc1Cl. The van der Waals surface area contributed by atoms with Gasteiger partial charge in [0.1, 0.15) is 5.69 Å². The summed E-state index contributed by atoms with van der Waals surface area (Å²) >= 11 is 5.63. The Morgan fingerprint density at radius 3 is 2.73 bits per heavy atom. The van der Waals surface area contributed by atoms with Gasteiger partial charge in [-0.15, -0.1) is 0 Å². The fourth-order valence-corrected chi connectivity index (χ4v) is 1.98. The molecule has 6 nitrogen and oxygen atoms in total. The summed E-state index contributed by atoms with van der Waals surface area (Å²) in [6.45, 7) is 0.484. The first kappa shape index (κ1) is 16.5.